The van der Waals surface area contributed by atoms with Gasteiger partial charge in [-0.1, -0.05) is 6.07 Å². The van der Waals surface area contributed by atoms with Crippen LogP contribution in [0.15, 0.2) is 35.4 Å². The summed E-state index contributed by atoms with van der Waals surface area (Å²) in [6.45, 7) is 0.0292. The third-order valence-electron chi connectivity index (χ3n) is 2.48. The van der Waals surface area contributed by atoms with Crippen molar-refractivity contribution in [1.82, 2.24) is 14.9 Å². The number of hydrogen-bond donors (Lipinski definition) is 3. The van der Waals surface area contributed by atoms with E-state index in [0.29, 0.717) is 11.4 Å². The number of nitrogen functional groups attached to an aromatic ring is 1. The van der Waals surface area contributed by atoms with Crippen molar-refractivity contribution >= 4 is 15.8 Å². The van der Waals surface area contributed by atoms with E-state index in [-0.39, 0.29) is 17.0 Å². The lowest BCUT2D eigenvalue weighted by atomic mass is 10.2. The fourth-order valence-corrected chi connectivity index (χ4v) is 2.50. The maximum absolute atomic E-state index is 12.0. The monoisotopic (exact) mass is 277 g/mol. The molecular formula is C11H11N5O2S. The van der Waals surface area contributed by atoms with E-state index in [1.807, 2.05) is 6.07 Å². The van der Waals surface area contributed by atoms with Crippen molar-refractivity contribution in [3.8, 4) is 6.07 Å². The van der Waals surface area contributed by atoms with Gasteiger partial charge in [0.05, 0.1) is 22.7 Å². The number of H-pyrrole nitrogens is 1. The molecule has 0 fully saturated rings. The van der Waals surface area contributed by atoms with Crippen LogP contribution in [-0.4, -0.2) is 18.6 Å². The second kappa shape index (κ2) is 5.09. The lowest BCUT2D eigenvalue weighted by Gasteiger charge is -2.06. The number of nitriles is 1. The number of benzene rings is 1. The molecule has 0 saturated carbocycles. The Hall–Kier alpha value is -2.37. The van der Waals surface area contributed by atoms with Crippen molar-refractivity contribution in [1.29, 1.82) is 5.26 Å². The average Bonchev–Trinajstić information content (AvgIpc) is 2.82. The van der Waals surface area contributed by atoms with Gasteiger partial charge in [-0.05, 0) is 18.2 Å². The van der Waals surface area contributed by atoms with Crippen LogP contribution < -0.4 is 10.5 Å². The summed E-state index contributed by atoms with van der Waals surface area (Å²) in [5, 5.41) is 15.0. The van der Waals surface area contributed by atoms with Crippen LogP contribution in [0.3, 0.4) is 0 Å². The highest BCUT2D eigenvalue weighted by Gasteiger charge is 2.15. The molecule has 0 saturated heterocycles. The highest BCUT2D eigenvalue weighted by atomic mass is 32.2. The predicted molar refractivity (Wildman–Crippen MR) is 68.2 cm³/mol. The minimum Gasteiger partial charge on any atom is -0.384 e. The first-order chi connectivity index (χ1) is 9.03. The minimum absolute atomic E-state index is 0.0292. The Kier molecular flexibility index (Phi) is 3.50. The van der Waals surface area contributed by atoms with Crippen molar-refractivity contribution in [2.75, 3.05) is 5.73 Å². The molecule has 0 bridgehead atoms. The zero-order chi connectivity index (χ0) is 13.9. The summed E-state index contributed by atoms with van der Waals surface area (Å²) in [5.74, 6) is 0.313. The normalized spacial score (nSPS) is 11.1. The molecule has 0 aliphatic carbocycles. The SMILES string of the molecule is N#Cc1cccc(S(=O)(=O)NCc2cn[nH]c2N)c1. The van der Waals surface area contributed by atoms with E-state index in [0.717, 1.165) is 0 Å². The molecule has 0 aliphatic rings. The van der Waals surface area contributed by atoms with Crippen LogP contribution in [0.4, 0.5) is 5.82 Å². The Morgan fingerprint density at radius 2 is 2.26 bits per heavy atom. The van der Waals surface area contributed by atoms with Crippen LogP contribution in [0, 0.1) is 11.3 Å². The highest BCUT2D eigenvalue weighted by molar-refractivity contribution is 7.89. The molecule has 0 amide bonds. The van der Waals surface area contributed by atoms with Crippen LogP contribution in [0.1, 0.15) is 11.1 Å². The van der Waals surface area contributed by atoms with E-state index in [2.05, 4.69) is 14.9 Å². The smallest absolute Gasteiger partial charge is 0.240 e. The third-order valence-corrected chi connectivity index (χ3v) is 3.88. The largest absolute Gasteiger partial charge is 0.384 e. The number of aromatic amines is 1. The number of nitrogens with two attached hydrogens (primary N) is 1. The Bertz CT molecular complexity index is 730. The summed E-state index contributed by atoms with van der Waals surface area (Å²) in [5.41, 5.74) is 6.40. The number of nitrogens with one attached hydrogen (secondary N) is 2. The van der Waals surface area contributed by atoms with Crippen molar-refractivity contribution in [2.45, 2.75) is 11.4 Å². The van der Waals surface area contributed by atoms with Gasteiger partial charge >= 0.3 is 0 Å². The standard InChI is InChI=1S/C11H11N5O2S/c12-5-8-2-1-3-10(4-8)19(17,18)15-7-9-6-14-16-11(9)13/h1-4,6,15H,7H2,(H3,13,14,16). The molecule has 4 N–H and O–H groups in total. The molecule has 0 radical (unpaired) electrons. The molecule has 1 aromatic carbocycles. The van der Waals surface area contributed by atoms with Gasteiger partial charge in [0, 0.05) is 12.1 Å². The van der Waals surface area contributed by atoms with Crippen LogP contribution in [0.5, 0.6) is 0 Å². The van der Waals surface area contributed by atoms with Gasteiger partial charge in [0.25, 0.3) is 0 Å². The van der Waals surface area contributed by atoms with Crippen molar-refractivity contribution in [2.24, 2.45) is 0 Å². The van der Waals surface area contributed by atoms with Crippen LogP contribution in [0.2, 0.25) is 0 Å². The average molecular weight is 277 g/mol. The predicted octanol–water partition coefficient (Wildman–Crippen LogP) is 0.342. The van der Waals surface area contributed by atoms with Gasteiger partial charge in [0.15, 0.2) is 0 Å². The summed E-state index contributed by atoms with van der Waals surface area (Å²) in [6, 6.07) is 7.66. The van der Waals surface area contributed by atoms with Gasteiger partial charge in [-0.3, -0.25) is 5.10 Å². The topological polar surface area (TPSA) is 125 Å². The van der Waals surface area contributed by atoms with Gasteiger partial charge in [-0.15, -0.1) is 0 Å². The molecule has 2 rings (SSSR count). The van der Waals surface area contributed by atoms with E-state index in [1.165, 1.54) is 30.5 Å². The number of rotatable bonds is 4. The first-order valence-corrected chi connectivity index (χ1v) is 6.79. The second-order valence-corrected chi connectivity index (χ2v) is 5.54. The maximum Gasteiger partial charge on any atom is 0.240 e. The number of anilines is 1. The van der Waals surface area contributed by atoms with Gasteiger partial charge in [0.2, 0.25) is 10.0 Å². The molecule has 0 aliphatic heterocycles. The van der Waals surface area contributed by atoms with Crippen molar-refractivity contribution in [3.63, 3.8) is 0 Å². The van der Waals surface area contributed by atoms with Crippen molar-refractivity contribution in [3.05, 3.63) is 41.6 Å². The summed E-state index contributed by atoms with van der Waals surface area (Å²) >= 11 is 0. The quantitative estimate of drug-likeness (QED) is 0.743. The lowest BCUT2D eigenvalue weighted by Crippen LogP contribution is -2.23. The van der Waals surface area contributed by atoms with Gasteiger partial charge in [0.1, 0.15) is 5.82 Å². The molecule has 0 spiro atoms. The van der Waals surface area contributed by atoms with E-state index < -0.39 is 10.0 Å². The van der Waals surface area contributed by atoms with E-state index in [4.69, 9.17) is 11.0 Å². The van der Waals surface area contributed by atoms with E-state index in [1.54, 1.807) is 0 Å². The Morgan fingerprint density at radius 1 is 1.47 bits per heavy atom. The molecule has 1 heterocycles. The van der Waals surface area contributed by atoms with Crippen molar-refractivity contribution < 1.29 is 8.42 Å². The molecule has 0 atom stereocenters. The van der Waals surface area contributed by atoms with Crippen LogP contribution in [-0.2, 0) is 16.6 Å². The molecule has 8 heteroatoms. The zero-order valence-corrected chi connectivity index (χ0v) is 10.6. The van der Waals surface area contributed by atoms with E-state index >= 15 is 0 Å². The van der Waals surface area contributed by atoms with E-state index in [9.17, 15) is 8.42 Å². The Balaban J connectivity index is 2.19. The summed E-state index contributed by atoms with van der Waals surface area (Å²) in [7, 11) is -3.68. The number of hydrogen-bond acceptors (Lipinski definition) is 5. The second-order valence-electron chi connectivity index (χ2n) is 3.77. The summed E-state index contributed by atoms with van der Waals surface area (Å²) < 4.78 is 26.4. The fourth-order valence-electron chi connectivity index (χ4n) is 1.45. The van der Waals surface area contributed by atoms with Gasteiger partial charge in [-0.2, -0.15) is 10.4 Å². The first-order valence-electron chi connectivity index (χ1n) is 5.30. The number of nitrogens with zero attached hydrogens (tertiary/aromatic N) is 2. The summed E-state index contributed by atoms with van der Waals surface area (Å²) in [6.07, 6.45) is 1.45. The summed E-state index contributed by atoms with van der Waals surface area (Å²) in [4.78, 5) is 0.0358. The number of aromatic nitrogens is 2. The van der Waals surface area contributed by atoms with Crippen LogP contribution >= 0.6 is 0 Å². The first kappa shape index (κ1) is 13.1. The zero-order valence-electron chi connectivity index (χ0n) is 9.79. The minimum atomic E-state index is -3.68. The van der Waals surface area contributed by atoms with Crippen LogP contribution in [0.25, 0.3) is 0 Å². The fraction of sp³-hybridized carbons (Fsp3) is 0.0909. The molecule has 7 nitrogen and oxygen atoms in total. The molecule has 19 heavy (non-hydrogen) atoms. The Labute approximate surface area is 110 Å². The van der Waals surface area contributed by atoms with Gasteiger partial charge < -0.3 is 5.73 Å². The molecule has 2 aromatic rings. The molecule has 98 valence electrons. The molecule has 0 unspecified atom stereocenters. The lowest BCUT2D eigenvalue weighted by molar-refractivity contribution is 0.581. The molecule has 1 aromatic heterocycles. The maximum atomic E-state index is 12.0. The van der Waals surface area contributed by atoms with Gasteiger partial charge in [-0.25, -0.2) is 13.1 Å². The Morgan fingerprint density at radius 3 is 2.89 bits per heavy atom. The number of sulfonamides is 1. The molecular weight excluding hydrogens is 266 g/mol. The third kappa shape index (κ3) is 2.90. The highest BCUT2D eigenvalue weighted by Crippen LogP contribution is 2.12.